The molecular weight excluding hydrogens is 364 g/mol. The first-order valence-corrected chi connectivity index (χ1v) is 10.2. The summed E-state index contributed by atoms with van der Waals surface area (Å²) in [6, 6.07) is 11.4. The number of anilines is 1. The Morgan fingerprint density at radius 3 is 2.38 bits per heavy atom. The Kier molecular flexibility index (Phi) is 5.32. The largest absolute Gasteiger partial charge is 0.353 e. The second kappa shape index (κ2) is 7.91. The van der Waals surface area contributed by atoms with Gasteiger partial charge in [-0.1, -0.05) is 32.9 Å². The molecule has 152 valence electrons. The van der Waals surface area contributed by atoms with Crippen molar-refractivity contribution in [3.63, 3.8) is 0 Å². The third-order valence-electron chi connectivity index (χ3n) is 5.40. The van der Waals surface area contributed by atoms with E-state index in [9.17, 15) is 4.79 Å². The number of piperazine rings is 1. The summed E-state index contributed by atoms with van der Waals surface area (Å²) in [6.07, 6.45) is 1.86. The van der Waals surface area contributed by atoms with E-state index in [1.165, 1.54) is 0 Å². The molecule has 0 unspecified atom stereocenters. The molecule has 0 saturated carbocycles. The van der Waals surface area contributed by atoms with Crippen LogP contribution in [0.25, 0.3) is 11.0 Å². The maximum absolute atomic E-state index is 12.2. The minimum Gasteiger partial charge on any atom is -0.353 e. The molecule has 1 aromatic carbocycles. The van der Waals surface area contributed by atoms with Gasteiger partial charge in [-0.05, 0) is 18.2 Å². The zero-order chi connectivity index (χ0) is 20.4. The van der Waals surface area contributed by atoms with Crippen LogP contribution >= 0.6 is 0 Å². The first-order valence-electron chi connectivity index (χ1n) is 10.2. The number of para-hydroxylation sites is 2. The highest BCUT2D eigenvalue weighted by atomic mass is 16.1. The van der Waals surface area contributed by atoms with E-state index in [2.05, 4.69) is 40.7 Å². The lowest BCUT2D eigenvalue weighted by molar-refractivity contribution is 0.241. The van der Waals surface area contributed by atoms with E-state index in [0.717, 1.165) is 55.3 Å². The number of aromatic nitrogens is 4. The number of benzene rings is 1. The van der Waals surface area contributed by atoms with Gasteiger partial charge in [0.05, 0.1) is 29.5 Å². The highest BCUT2D eigenvalue weighted by Gasteiger charge is 2.20. The van der Waals surface area contributed by atoms with Crippen LogP contribution in [-0.2, 0) is 12.0 Å². The first-order chi connectivity index (χ1) is 13.9. The molecule has 4 rings (SSSR count). The molecular formula is C22H28N6O. The molecule has 0 spiro atoms. The van der Waals surface area contributed by atoms with E-state index in [0.29, 0.717) is 6.54 Å². The van der Waals surface area contributed by atoms with Crippen molar-refractivity contribution >= 4 is 16.9 Å². The van der Waals surface area contributed by atoms with Gasteiger partial charge in [0.2, 0.25) is 0 Å². The lowest BCUT2D eigenvalue weighted by atomic mass is 9.92. The molecule has 0 atom stereocenters. The molecule has 7 nitrogen and oxygen atoms in total. The minimum absolute atomic E-state index is 0.0388. The van der Waals surface area contributed by atoms with Crippen molar-refractivity contribution in [2.45, 2.75) is 32.7 Å². The van der Waals surface area contributed by atoms with Gasteiger partial charge in [-0.3, -0.25) is 14.7 Å². The lowest BCUT2D eigenvalue weighted by Crippen LogP contribution is -2.48. The van der Waals surface area contributed by atoms with Crippen molar-refractivity contribution in [2.24, 2.45) is 0 Å². The van der Waals surface area contributed by atoms with Gasteiger partial charge < -0.3 is 4.90 Å². The predicted octanol–water partition coefficient (Wildman–Crippen LogP) is 2.31. The van der Waals surface area contributed by atoms with E-state index in [1.54, 1.807) is 10.7 Å². The maximum Gasteiger partial charge on any atom is 0.266 e. The Labute approximate surface area is 171 Å². The van der Waals surface area contributed by atoms with E-state index < -0.39 is 0 Å². The molecule has 1 saturated heterocycles. The quantitative estimate of drug-likeness (QED) is 0.679. The summed E-state index contributed by atoms with van der Waals surface area (Å²) in [5.41, 5.74) is 2.68. The SMILES string of the molecule is CC(C)(C)c1ccc(=O)n(CCN2CCN(c3cnc4ccccc4n3)CC2)n1. The molecule has 1 aliphatic rings. The van der Waals surface area contributed by atoms with Crippen molar-refractivity contribution in [2.75, 3.05) is 37.6 Å². The smallest absolute Gasteiger partial charge is 0.266 e. The molecule has 0 radical (unpaired) electrons. The summed E-state index contributed by atoms with van der Waals surface area (Å²) >= 11 is 0. The van der Waals surface area contributed by atoms with E-state index >= 15 is 0 Å². The van der Waals surface area contributed by atoms with Gasteiger partial charge in [0.1, 0.15) is 5.82 Å². The third kappa shape index (κ3) is 4.45. The van der Waals surface area contributed by atoms with Gasteiger partial charge in [-0.25, -0.2) is 9.67 Å². The van der Waals surface area contributed by atoms with Crippen LogP contribution in [0.5, 0.6) is 0 Å². The summed E-state index contributed by atoms with van der Waals surface area (Å²) in [7, 11) is 0. The van der Waals surface area contributed by atoms with E-state index in [-0.39, 0.29) is 11.0 Å². The zero-order valence-electron chi connectivity index (χ0n) is 17.4. The Hall–Kier alpha value is -2.80. The molecule has 0 N–H and O–H groups in total. The van der Waals surface area contributed by atoms with Crippen LogP contribution in [0.3, 0.4) is 0 Å². The number of fused-ring (bicyclic) bond motifs is 1. The zero-order valence-corrected chi connectivity index (χ0v) is 17.4. The maximum atomic E-state index is 12.2. The van der Waals surface area contributed by atoms with Crippen LogP contribution < -0.4 is 10.5 Å². The second-order valence-electron chi connectivity index (χ2n) is 8.58. The third-order valence-corrected chi connectivity index (χ3v) is 5.40. The van der Waals surface area contributed by atoms with Crippen molar-refractivity contribution in [3.05, 3.63) is 58.6 Å². The molecule has 7 heteroatoms. The van der Waals surface area contributed by atoms with Gasteiger partial charge in [0.15, 0.2) is 0 Å². The fourth-order valence-electron chi connectivity index (χ4n) is 3.55. The average molecular weight is 393 g/mol. The number of hydrogen-bond acceptors (Lipinski definition) is 6. The van der Waals surface area contributed by atoms with Gasteiger partial charge in [-0.15, -0.1) is 0 Å². The van der Waals surface area contributed by atoms with E-state index in [1.807, 2.05) is 36.5 Å². The van der Waals surface area contributed by atoms with Crippen molar-refractivity contribution in [1.29, 1.82) is 0 Å². The van der Waals surface area contributed by atoms with Crippen LogP contribution in [0.2, 0.25) is 0 Å². The van der Waals surface area contributed by atoms with Gasteiger partial charge >= 0.3 is 0 Å². The van der Waals surface area contributed by atoms with Crippen molar-refractivity contribution in [3.8, 4) is 0 Å². The first kappa shape index (κ1) is 19.5. The number of nitrogens with zero attached hydrogens (tertiary/aromatic N) is 6. The molecule has 1 fully saturated rings. The Morgan fingerprint density at radius 2 is 1.66 bits per heavy atom. The number of hydrogen-bond donors (Lipinski definition) is 0. The highest BCUT2D eigenvalue weighted by Crippen LogP contribution is 2.18. The Morgan fingerprint density at radius 1 is 0.931 bits per heavy atom. The Bertz CT molecular complexity index is 1050. The predicted molar refractivity (Wildman–Crippen MR) is 115 cm³/mol. The second-order valence-corrected chi connectivity index (χ2v) is 8.58. The van der Waals surface area contributed by atoms with Crippen molar-refractivity contribution in [1.82, 2.24) is 24.6 Å². The normalized spacial score (nSPS) is 15.8. The van der Waals surface area contributed by atoms with Crippen molar-refractivity contribution < 1.29 is 0 Å². The summed E-state index contributed by atoms with van der Waals surface area (Å²) in [5.74, 6) is 0.930. The minimum atomic E-state index is -0.0675. The van der Waals surface area contributed by atoms with Crippen LogP contribution in [0.15, 0.2) is 47.4 Å². The number of rotatable bonds is 4. The fraction of sp³-hybridized carbons (Fsp3) is 0.455. The van der Waals surface area contributed by atoms with Gasteiger partial charge in [-0.2, -0.15) is 5.10 Å². The standard InChI is InChI=1S/C22H28N6O/c1-22(2,3)19-8-9-21(29)28(25-19)15-12-26-10-13-27(14-11-26)20-16-23-17-6-4-5-7-18(17)24-20/h4-9,16H,10-15H2,1-3H3. The van der Waals surface area contributed by atoms with Crippen LogP contribution in [0.4, 0.5) is 5.82 Å². The van der Waals surface area contributed by atoms with E-state index in [4.69, 9.17) is 4.98 Å². The molecule has 0 amide bonds. The lowest BCUT2D eigenvalue weighted by Gasteiger charge is -2.35. The summed E-state index contributed by atoms with van der Waals surface area (Å²) in [4.78, 5) is 26.1. The molecule has 3 heterocycles. The highest BCUT2D eigenvalue weighted by molar-refractivity contribution is 5.75. The molecule has 0 bridgehead atoms. The summed E-state index contributed by atoms with van der Waals surface area (Å²) < 4.78 is 1.60. The summed E-state index contributed by atoms with van der Waals surface area (Å²) in [5, 5.41) is 4.57. The van der Waals surface area contributed by atoms with Crippen LogP contribution in [-0.4, -0.2) is 57.4 Å². The Balaban J connectivity index is 1.36. The van der Waals surface area contributed by atoms with Crippen LogP contribution in [0.1, 0.15) is 26.5 Å². The van der Waals surface area contributed by atoms with Gasteiger partial charge in [0, 0.05) is 44.2 Å². The fourth-order valence-corrected chi connectivity index (χ4v) is 3.55. The molecule has 1 aliphatic heterocycles. The topological polar surface area (TPSA) is 67.2 Å². The molecule has 29 heavy (non-hydrogen) atoms. The van der Waals surface area contributed by atoms with Crippen LogP contribution in [0, 0.1) is 0 Å². The average Bonchev–Trinajstić information content (AvgIpc) is 2.72. The summed E-state index contributed by atoms with van der Waals surface area (Å²) in [6.45, 7) is 11.4. The molecule has 2 aromatic heterocycles. The molecule has 3 aromatic rings. The molecule has 0 aliphatic carbocycles. The van der Waals surface area contributed by atoms with Gasteiger partial charge in [0.25, 0.3) is 5.56 Å². The monoisotopic (exact) mass is 392 g/mol.